The second-order valence-corrected chi connectivity index (χ2v) is 12.7. The van der Waals surface area contributed by atoms with Crippen LogP contribution in [0.25, 0.3) is 0 Å². The maximum atomic E-state index is 12.8. The highest BCUT2D eigenvalue weighted by Gasteiger charge is 2.57. The zero-order valence-electron chi connectivity index (χ0n) is 20.0. The van der Waals surface area contributed by atoms with Crippen molar-refractivity contribution in [3.8, 4) is 0 Å². The Morgan fingerprint density at radius 2 is 1.81 bits per heavy atom. The third kappa shape index (κ3) is 6.19. The van der Waals surface area contributed by atoms with Crippen molar-refractivity contribution in [2.75, 3.05) is 19.7 Å². The smallest absolute Gasteiger partial charge is 0.410 e. The Kier molecular flexibility index (Phi) is 8.50. The van der Waals surface area contributed by atoms with Gasteiger partial charge in [-0.25, -0.2) is 4.79 Å². The number of nitrogens with one attached hydrogen (secondary N) is 1. The first-order valence-electron chi connectivity index (χ1n) is 11.4. The van der Waals surface area contributed by atoms with E-state index in [2.05, 4.69) is 45.8 Å². The Morgan fingerprint density at radius 1 is 1.19 bits per heavy atom. The molecule has 8 heteroatoms. The van der Waals surface area contributed by atoms with Gasteiger partial charge in [-0.15, -0.1) is 0 Å². The molecule has 1 N–H and O–H groups in total. The highest BCUT2D eigenvalue weighted by atomic mass is 28.3. The summed E-state index contributed by atoms with van der Waals surface area (Å²) in [6, 6.07) is -0.175. The summed E-state index contributed by atoms with van der Waals surface area (Å²) in [4.78, 5) is 39.0. The van der Waals surface area contributed by atoms with Crippen LogP contribution in [-0.2, 0) is 18.8 Å². The fraction of sp³-hybridized carbons (Fsp3) is 0.783. The molecular weight excluding hydrogens is 412 g/mol. The van der Waals surface area contributed by atoms with Crippen LogP contribution in [0.3, 0.4) is 0 Å². The van der Waals surface area contributed by atoms with Crippen LogP contribution in [0.5, 0.6) is 0 Å². The predicted octanol–water partition coefficient (Wildman–Crippen LogP) is 3.29. The van der Waals surface area contributed by atoms with Gasteiger partial charge >= 0.3 is 6.09 Å². The molecule has 2 saturated heterocycles. The molecule has 0 bridgehead atoms. The van der Waals surface area contributed by atoms with E-state index >= 15 is 0 Å². The number of nitrogens with zero attached hydrogens (tertiary/aromatic N) is 1. The molecule has 0 aromatic heterocycles. The molecule has 2 aliphatic rings. The Morgan fingerprint density at radius 3 is 2.29 bits per heavy atom. The van der Waals surface area contributed by atoms with Crippen LogP contribution in [0, 0.1) is 17.3 Å². The quantitative estimate of drug-likeness (QED) is 0.330. The van der Waals surface area contributed by atoms with Crippen molar-refractivity contribution in [3.63, 3.8) is 0 Å². The first-order valence-corrected chi connectivity index (χ1v) is 14.2. The molecule has 0 unspecified atom stereocenters. The molecule has 2 amide bonds. The zero-order valence-corrected chi connectivity index (χ0v) is 21.2. The summed E-state index contributed by atoms with van der Waals surface area (Å²) in [6.45, 7) is 17.5. The summed E-state index contributed by atoms with van der Waals surface area (Å²) in [6.07, 6.45) is 3.64. The first kappa shape index (κ1) is 25.6. The maximum Gasteiger partial charge on any atom is 0.410 e. The van der Waals surface area contributed by atoms with Gasteiger partial charge in [-0.2, -0.15) is 0 Å². The number of ether oxygens (including phenoxy) is 1. The standard InChI is InChI=1S/C23H40N2O5Si/c1-8-13-29-21(28)25-11-9-16(10-12-25)14-17(26)15-18-19(20(27)24-18)23(5,22(2,3)4)30-31(6)7/h8,16,18-19,31H,1,9-15H2,2-7H3,(H,24,27)/t18-,19-,23-/m1/s1. The van der Waals surface area contributed by atoms with Gasteiger partial charge < -0.3 is 19.4 Å². The summed E-state index contributed by atoms with van der Waals surface area (Å²) in [5.74, 6) is 0.100. The third-order valence-corrected chi connectivity index (χ3v) is 7.70. The van der Waals surface area contributed by atoms with Gasteiger partial charge in [0, 0.05) is 25.9 Å². The lowest BCUT2D eigenvalue weighted by Crippen LogP contribution is -2.70. The molecule has 2 heterocycles. The summed E-state index contributed by atoms with van der Waals surface area (Å²) in [5, 5.41) is 2.95. The maximum absolute atomic E-state index is 12.8. The van der Waals surface area contributed by atoms with E-state index in [1.54, 1.807) is 11.0 Å². The number of rotatable bonds is 9. The molecule has 2 fully saturated rings. The van der Waals surface area contributed by atoms with Crippen molar-refractivity contribution >= 4 is 26.8 Å². The van der Waals surface area contributed by atoms with Gasteiger partial charge in [0.2, 0.25) is 5.91 Å². The van der Waals surface area contributed by atoms with Crippen LogP contribution in [0.2, 0.25) is 13.1 Å². The van der Waals surface area contributed by atoms with Gasteiger partial charge in [0.1, 0.15) is 12.4 Å². The van der Waals surface area contributed by atoms with Gasteiger partial charge in [0.25, 0.3) is 0 Å². The van der Waals surface area contributed by atoms with Gasteiger partial charge in [0.15, 0.2) is 9.04 Å². The van der Waals surface area contributed by atoms with Crippen molar-refractivity contribution in [1.82, 2.24) is 10.2 Å². The molecule has 31 heavy (non-hydrogen) atoms. The Hall–Kier alpha value is -1.67. The average molecular weight is 453 g/mol. The molecule has 0 aromatic carbocycles. The van der Waals surface area contributed by atoms with E-state index in [-0.39, 0.29) is 47.7 Å². The molecule has 2 aliphatic heterocycles. The number of β-lactam (4-membered cyclic amide) rings is 1. The van der Waals surface area contributed by atoms with Crippen molar-refractivity contribution in [3.05, 3.63) is 12.7 Å². The number of amides is 2. The van der Waals surface area contributed by atoms with Crippen LogP contribution < -0.4 is 5.32 Å². The number of piperidine rings is 1. The van der Waals surface area contributed by atoms with Gasteiger partial charge in [0.05, 0.1) is 17.6 Å². The highest BCUT2D eigenvalue weighted by molar-refractivity contribution is 6.48. The summed E-state index contributed by atoms with van der Waals surface area (Å²) < 4.78 is 11.5. The molecule has 0 saturated carbocycles. The van der Waals surface area contributed by atoms with Crippen molar-refractivity contribution in [2.24, 2.45) is 17.3 Å². The second kappa shape index (κ2) is 10.3. The lowest BCUT2D eigenvalue weighted by atomic mass is 9.63. The minimum absolute atomic E-state index is 0.0174. The van der Waals surface area contributed by atoms with Crippen molar-refractivity contribution in [2.45, 2.75) is 78.1 Å². The van der Waals surface area contributed by atoms with E-state index in [1.807, 2.05) is 6.92 Å². The van der Waals surface area contributed by atoms with Crippen molar-refractivity contribution < 1.29 is 23.5 Å². The topological polar surface area (TPSA) is 84.9 Å². The Bertz CT molecular complexity index is 682. The van der Waals surface area contributed by atoms with E-state index in [0.717, 1.165) is 12.8 Å². The summed E-state index contributed by atoms with van der Waals surface area (Å²) in [5.41, 5.74) is -0.821. The fourth-order valence-corrected chi connectivity index (χ4v) is 6.12. The first-order chi connectivity index (χ1) is 14.4. The zero-order chi connectivity index (χ0) is 23.4. The van der Waals surface area contributed by atoms with E-state index in [0.29, 0.717) is 25.9 Å². The molecule has 7 nitrogen and oxygen atoms in total. The minimum Gasteiger partial charge on any atom is -0.445 e. The number of ketones is 1. The second-order valence-electron chi connectivity index (χ2n) is 10.4. The van der Waals surface area contributed by atoms with Crippen LogP contribution in [-0.4, -0.2) is 63.1 Å². The minimum atomic E-state index is -1.39. The molecule has 0 radical (unpaired) electrons. The SMILES string of the molecule is C=CCOC(=O)N1CCC(CC(=O)C[C@H]2NC(=O)[C@@H]2[C@@](C)(O[SiH](C)C)C(C)(C)C)CC1. The number of hydrogen-bond donors (Lipinski definition) is 1. The van der Waals surface area contributed by atoms with Crippen LogP contribution in [0.1, 0.15) is 53.4 Å². The van der Waals surface area contributed by atoms with Gasteiger partial charge in [-0.1, -0.05) is 33.4 Å². The van der Waals surface area contributed by atoms with Crippen LogP contribution in [0.15, 0.2) is 12.7 Å². The normalized spacial score (nSPS) is 24.2. The summed E-state index contributed by atoms with van der Waals surface area (Å²) >= 11 is 0. The number of carbonyl (C=O) groups excluding carboxylic acids is 3. The van der Waals surface area contributed by atoms with Crippen LogP contribution >= 0.6 is 0 Å². The molecule has 0 aliphatic carbocycles. The van der Waals surface area contributed by atoms with E-state index in [9.17, 15) is 14.4 Å². The Balaban J connectivity index is 1.90. The third-order valence-electron chi connectivity index (χ3n) is 6.74. The number of likely N-dealkylation sites (tertiary alicyclic amines) is 1. The molecule has 2 rings (SSSR count). The van der Waals surface area contributed by atoms with Crippen LogP contribution in [0.4, 0.5) is 4.79 Å². The Labute approximate surface area is 188 Å². The number of hydrogen-bond acceptors (Lipinski definition) is 5. The van der Waals surface area contributed by atoms with Crippen molar-refractivity contribution in [1.29, 1.82) is 0 Å². The number of carbonyl (C=O) groups is 3. The van der Waals surface area contributed by atoms with E-state index in [4.69, 9.17) is 9.16 Å². The monoisotopic (exact) mass is 452 g/mol. The van der Waals surface area contributed by atoms with Gasteiger partial charge in [-0.05, 0) is 44.2 Å². The van der Waals surface area contributed by atoms with Gasteiger partial charge in [-0.3, -0.25) is 9.59 Å². The largest absolute Gasteiger partial charge is 0.445 e. The lowest BCUT2D eigenvalue weighted by Gasteiger charge is -2.54. The fourth-order valence-electron chi connectivity index (χ4n) is 4.64. The average Bonchev–Trinajstić information content (AvgIpc) is 2.64. The molecule has 0 spiro atoms. The molecular formula is C23H40N2O5Si. The lowest BCUT2D eigenvalue weighted by molar-refractivity contribution is -0.160. The number of Topliss-reactive ketones (excluding diaryl/α,β-unsaturated/α-hetero) is 1. The molecule has 0 aromatic rings. The molecule has 176 valence electrons. The highest BCUT2D eigenvalue weighted by Crippen LogP contribution is 2.45. The van der Waals surface area contributed by atoms with E-state index in [1.165, 1.54) is 0 Å². The van der Waals surface area contributed by atoms with E-state index < -0.39 is 14.6 Å². The summed E-state index contributed by atoms with van der Waals surface area (Å²) in [7, 11) is -1.39. The predicted molar refractivity (Wildman–Crippen MR) is 123 cm³/mol. The molecule has 3 atom stereocenters.